The van der Waals surface area contributed by atoms with E-state index in [-0.39, 0.29) is 13.2 Å². The van der Waals surface area contributed by atoms with E-state index in [4.69, 9.17) is 10.2 Å². The Balaban J connectivity index is 2.01. The van der Waals surface area contributed by atoms with Crippen molar-refractivity contribution in [3.8, 4) is 0 Å². The Morgan fingerprint density at radius 2 is 1.94 bits per heavy atom. The fourth-order valence-corrected chi connectivity index (χ4v) is 2.37. The van der Waals surface area contributed by atoms with E-state index >= 15 is 0 Å². The molecule has 1 aliphatic heterocycles. The minimum atomic E-state index is 0.0401. The maximum Gasteiger partial charge on any atom is 0.131 e. The van der Waals surface area contributed by atoms with E-state index in [1.807, 2.05) is 13.0 Å². The monoisotopic (exact) mass is 251 g/mol. The van der Waals surface area contributed by atoms with Crippen molar-refractivity contribution < 1.29 is 10.2 Å². The van der Waals surface area contributed by atoms with Crippen molar-refractivity contribution in [2.45, 2.75) is 13.5 Å². The lowest BCUT2D eigenvalue weighted by Crippen LogP contribution is -2.47. The molecule has 0 bridgehead atoms. The number of β-amino-alcohol motifs (C(OH)–C–C–N with tert-alkyl or cyclic N) is 1. The smallest absolute Gasteiger partial charge is 0.131 e. The first kappa shape index (κ1) is 13.3. The topological polar surface area (TPSA) is 59.8 Å². The number of nitrogens with zero attached hydrogens (tertiary/aromatic N) is 3. The van der Waals surface area contributed by atoms with Crippen LogP contribution < -0.4 is 4.90 Å². The standard InChI is InChI=1S/C13H21N3O2/c1-11-8-12(10-18)9-14-13(11)16-4-2-15(3-5-16)6-7-17/h8-9,17-18H,2-7,10H2,1H3. The fourth-order valence-electron chi connectivity index (χ4n) is 2.37. The third-order valence-corrected chi connectivity index (χ3v) is 3.38. The normalized spacial score (nSPS) is 17.2. The first-order valence-electron chi connectivity index (χ1n) is 6.39. The summed E-state index contributed by atoms with van der Waals surface area (Å²) in [4.78, 5) is 8.97. The molecular formula is C13H21N3O2. The third kappa shape index (κ3) is 2.98. The number of rotatable bonds is 4. The van der Waals surface area contributed by atoms with Gasteiger partial charge in [-0.15, -0.1) is 0 Å². The summed E-state index contributed by atoms with van der Waals surface area (Å²) in [5, 5.41) is 18.0. The Hall–Kier alpha value is -1.17. The van der Waals surface area contributed by atoms with Crippen molar-refractivity contribution in [2.75, 3.05) is 44.2 Å². The quantitative estimate of drug-likeness (QED) is 0.788. The van der Waals surface area contributed by atoms with Gasteiger partial charge in [-0.2, -0.15) is 0 Å². The molecule has 1 aromatic heterocycles. The van der Waals surface area contributed by atoms with E-state index in [2.05, 4.69) is 14.8 Å². The molecule has 2 heterocycles. The lowest BCUT2D eigenvalue weighted by Gasteiger charge is -2.35. The molecule has 0 amide bonds. The van der Waals surface area contributed by atoms with Crippen LogP contribution in [0, 0.1) is 6.92 Å². The summed E-state index contributed by atoms with van der Waals surface area (Å²) in [6, 6.07) is 1.99. The predicted molar refractivity (Wildman–Crippen MR) is 70.6 cm³/mol. The van der Waals surface area contributed by atoms with Crippen LogP contribution in [-0.2, 0) is 6.61 Å². The summed E-state index contributed by atoms with van der Waals surface area (Å²) in [6.07, 6.45) is 1.74. The SMILES string of the molecule is Cc1cc(CO)cnc1N1CCN(CCO)CC1. The average Bonchev–Trinajstić information content (AvgIpc) is 2.40. The van der Waals surface area contributed by atoms with Crippen LogP contribution in [0.2, 0.25) is 0 Å². The second-order valence-corrected chi connectivity index (χ2v) is 4.69. The molecule has 1 aliphatic rings. The van der Waals surface area contributed by atoms with Gasteiger partial charge in [0, 0.05) is 38.9 Å². The van der Waals surface area contributed by atoms with Gasteiger partial charge >= 0.3 is 0 Å². The second-order valence-electron chi connectivity index (χ2n) is 4.69. The summed E-state index contributed by atoms with van der Waals surface area (Å²) >= 11 is 0. The van der Waals surface area contributed by atoms with Gasteiger partial charge < -0.3 is 15.1 Å². The van der Waals surface area contributed by atoms with Gasteiger partial charge in [0.05, 0.1) is 13.2 Å². The zero-order valence-electron chi connectivity index (χ0n) is 10.8. The van der Waals surface area contributed by atoms with Gasteiger partial charge in [0.2, 0.25) is 0 Å². The van der Waals surface area contributed by atoms with E-state index in [1.165, 1.54) is 0 Å². The first-order valence-corrected chi connectivity index (χ1v) is 6.39. The fraction of sp³-hybridized carbons (Fsp3) is 0.615. The van der Waals surface area contributed by atoms with Crippen LogP contribution in [0.15, 0.2) is 12.3 Å². The summed E-state index contributed by atoms with van der Waals surface area (Å²) in [7, 11) is 0. The van der Waals surface area contributed by atoms with Crippen LogP contribution in [0.3, 0.4) is 0 Å². The zero-order valence-corrected chi connectivity index (χ0v) is 10.8. The van der Waals surface area contributed by atoms with E-state index in [9.17, 15) is 0 Å². The Morgan fingerprint density at radius 1 is 1.22 bits per heavy atom. The molecule has 100 valence electrons. The van der Waals surface area contributed by atoms with E-state index in [0.717, 1.165) is 49.7 Å². The maximum absolute atomic E-state index is 9.07. The molecule has 0 spiro atoms. The molecular weight excluding hydrogens is 230 g/mol. The van der Waals surface area contributed by atoms with Crippen molar-refractivity contribution in [3.05, 3.63) is 23.4 Å². The van der Waals surface area contributed by atoms with Gasteiger partial charge in [0.25, 0.3) is 0 Å². The molecule has 0 radical (unpaired) electrons. The molecule has 5 heteroatoms. The highest BCUT2D eigenvalue weighted by Crippen LogP contribution is 2.19. The highest BCUT2D eigenvalue weighted by molar-refractivity contribution is 5.47. The van der Waals surface area contributed by atoms with Gasteiger partial charge in [0.15, 0.2) is 0 Å². The molecule has 1 aromatic rings. The Bertz CT molecular complexity index is 390. The lowest BCUT2D eigenvalue weighted by atomic mass is 10.2. The maximum atomic E-state index is 9.07. The molecule has 0 aromatic carbocycles. The van der Waals surface area contributed by atoms with Crippen LogP contribution >= 0.6 is 0 Å². The van der Waals surface area contributed by atoms with Crippen LogP contribution in [0.25, 0.3) is 0 Å². The number of pyridine rings is 1. The lowest BCUT2D eigenvalue weighted by molar-refractivity contribution is 0.188. The van der Waals surface area contributed by atoms with E-state index in [1.54, 1.807) is 6.20 Å². The van der Waals surface area contributed by atoms with Crippen LogP contribution in [0.1, 0.15) is 11.1 Å². The summed E-state index contributed by atoms with van der Waals surface area (Å²) in [5.41, 5.74) is 1.97. The van der Waals surface area contributed by atoms with Crippen molar-refractivity contribution >= 4 is 5.82 Å². The largest absolute Gasteiger partial charge is 0.395 e. The number of aliphatic hydroxyl groups is 2. The number of hydrogen-bond acceptors (Lipinski definition) is 5. The first-order chi connectivity index (χ1) is 8.74. The van der Waals surface area contributed by atoms with E-state index in [0.29, 0.717) is 0 Å². The Kier molecular flexibility index (Phi) is 4.52. The molecule has 18 heavy (non-hydrogen) atoms. The molecule has 0 unspecified atom stereocenters. The van der Waals surface area contributed by atoms with Crippen molar-refractivity contribution in [3.63, 3.8) is 0 Å². The molecule has 2 N–H and O–H groups in total. The van der Waals surface area contributed by atoms with Gasteiger partial charge in [-0.05, 0) is 24.1 Å². The number of piperazine rings is 1. The number of aromatic nitrogens is 1. The average molecular weight is 251 g/mol. The van der Waals surface area contributed by atoms with Crippen LogP contribution in [-0.4, -0.2) is 59.4 Å². The minimum absolute atomic E-state index is 0.0401. The van der Waals surface area contributed by atoms with Gasteiger partial charge in [0.1, 0.15) is 5.82 Å². The number of hydrogen-bond donors (Lipinski definition) is 2. The second kappa shape index (κ2) is 6.13. The Morgan fingerprint density at radius 3 is 2.50 bits per heavy atom. The highest BCUT2D eigenvalue weighted by atomic mass is 16.3. The molecule has 2 rings (SSSR count). The Labute approximate surface area is 108 Å². The number of anilines is 1. The number of aryl methyl sites for hydroxylation is 1. The summed E-state index contributed by atoms with van der Waals surface area (Å²) in [6.45, 7) is 6.84. The predicted octanol–water partition coefficient (Wildman–Crippen LogP) is -0.00338. The molecule has 5 nitrogen and oxygen atoms in total. The highest BCUT2D eigenvalue weighted by Gasteiger charge is 2.18. The van der Waals surface area contributed by atoms with Gasteiger partial charge in [-0.1, -0.05) is 0 Å². The molecule has 1 saturated heterocycles. The zero-order chi connectivity index (χ0) is 13.0. The number of aliphatic hydroxyl groups excluding tert-OH is 2. The van der Waals surface area contributed by atoms with Crippen molar-refractivity contribution in [2.24, 2.45) is 0 Å². The molecule has 0 atom stereocenters. The van der Waals surface area contributed by atoms with Crippen LogP contribution in [0.5, 0.6) is 0 Å². The van der Waals surface area contributed by atoms with Crippen molar-refractivity contribution in [1.29, 1.82) is 0 Å². The van der Waals surface area contributed by atoms with Crippen LogP contribution in [0.4, 0.5) is 5.82 Å². The molecule has 0 aliphatic carbocycles. The van der Waals surface area contributed by atoms with E-state index < -0.39 is 0 Å². The van der Waals surface area contributed by atoms with Crippen molar-refractivity contribution in [1.82, 2.24) is 9.88 Å². The summed E-state index contributed by atoms with van der Waals surface area (Å²) in [5.74, 6) is 1.01. The third-order valence-electron chi connectivity index (χ3n) is 3.38. The minimum Gasteiger partial charge on any atom is -0.395 e. The summed E-state index contributed by atoms with van der Waals surface area (Å²) < 4.78 is 0. The molecule has 1 fully saturated rings. The van der Waals surface area contributed by atoms with Gasteiger partial charge in [-0.3, -0.25) is 4.90 Å². The molecule has 0 saturated carbocycles. The van der Waals surface area contributed by atoms with Gasteiger partial charge in [-0.25, -0.2) is 4.98 Å².